The second kappa shape index (κ2) is 5.45. The van der Waals surface area contributed by atoms with Gasteiger partial charge in [-0.05, 0) is 53.0 Å². The maximum Gasteiger partial charge on any atom is 0.139 e. The van der Waals surface area contributed by atoms with Gasteiger partial charge in [-0.3, -0.25) is 0 Å². The smallest absolute Gasteiger partial charge is 0.139 e. The van der Waals surface area contributed by atoms with E-state index in [2.05, 4.69) is 25.8 Å². The highest BCUT2D eigenvalue weighted by molar-refractivity contribution is 9.10. The summed E-state index contributed by atoms with van der Waals surface area (Å²) in [5, 5.41) is 0.965. The third kappa shape index (κ3) is 2.59. The molecule has 0 N–H and O–H groups in total. The molecule has 3 rings (SSSR count). The first-order valence-corrected chi connectivity index (χ1v) is 7.55. The molecule has 0 bridgehead atoms. The van der Waals surface area contributed by atoms with Gasteiger partial charge in [-0.25, -0.2) is 9.37 Å². The number of aromatic nitrogens is 1. The molecule has 19 heavy (non-hydrogen) atoms. The lowest BCUT2D eigenvalue weighted by molar-refractivity contribution is 0.623. The van der Waals surface area contributed by atoms with Crippen molar-refractivity contribution in [1.82, 2.24) is 4.98 Å². The molecule has 2 nitrogen and oxygen atoms in total. The standard InChI is InChI=1S/C15H16BrFN2/c16-14-12(17)7-5-11-6-8-13(18-15(11)14)19-9-3-1-2-4-10-19/h5-8H,1-4,9-10H2. The molecule has 1 aliphatic heterocycles. The Morgan fingerprint density at radius 2 is 1.68 bits per heavy atom. The predicted octanol–water partition coefficient (Wildman–Crippen LogP) is 4.52. The molecule has 100 valence electrons. The number of benzene rings is 1. The summed E-state index contributed by atoms with van der Waals surface area (Å²) >= 11 is 3.30. The zero-order valence-electron chi connectivity index (χ0n) is 10.7. The number of hydrogen-bond donors (Lipinski definition) is 0. The molecule has 1 saturated heterocycles. The van der Waals surface area contributed by atoms with E-state index in [0.29, 0.717) is 9.99 Å². The molecule has 0 saturated carbocycles. The van der Waals surface area contributed by atoms with E-state index < -0.39 is 0 Å². The van der Waals surface area contributed by atoms with Crippen molar-refractivity contribution in [2.75, 3.05) is 18.0 Å². The van der Waals surface area contributed by atoms with Crippen LogP contribution in [0.1, 0.15) is 25.7 Å². The molecule has 4 heteroatoms. The van der Waals surface area contributed by atoms with Crippen LogP contribution in [0.2, 0.25) is 0 Å². The van der Waals surface area contributed by atoms with Crippen LogP contribution in [0.4, 0.5) is 10.2 Å². The van der Waals surface area contributed by atoms with Gasteiger partial charge in [0, 0.05) is 18.5 Å². The lowest BCUT2D eigenvalue weighted by atomic mass is 10.2. The van der Waals surface area contributed by atoms with Crippen molar-refractivity contribution < 1.29 is 4.39 Å². The van der Waals surface area contributed by atoms with Crippen LogP contribution in [0.25, 0.3) is 10.9 Å². The third-order valence-electron chi connectivity index (χ3n) is 3.67. The third-order valence-corrected chi connectivity index (χ3v) is 4.42. The zero-order valence-corrected chi connectivity index (χ0v) is 12.3. The number of fused-ring (bicyclic) bond motifs is 1. The molecular formula is C15H16BrFN2. The first-order chi connectivity index (χ1) is 9.25. The summed E-state index contributed by atoms with van der Waals surface area (Å²) in [5.41, 5.74) is 0.710. The van der Waals surface area contributed by atoms with Gasteiger partial charge in [-0.15, -0.1) is 0 Å². The summed E-state index contributed by atoms with van der Waals surface area (Å²) in [7, 11) is 0. The summed E-state index contributed by atoms with van der Waals surface area (Å²) in [6.07, 6.45) is 5.01. The monoisotopic (exact) mass is 322 g/mol. The second-order valence-corrected chi connectivity index (χ2v) is 5.80. The summed E-state index contributed by atoms with van der Waals surface area (Å²) in [6, 6.07) is 7.30. The topological polar surface area (TPSA) is 16.1 Å². The molecule has 1 fully saturated rings. The lowest BCUT2D eigenvalue weighted by Gasteiger charge is -2.21. The molecular weight excluding hydrogens is 307 g/mol. The van der Waals surface area contributed by atoms with Crippen LogP contribution in [-0.4, -0.2) is 18.1 Å². The van der Waals surface area contributed by atoms with Crippen LogP contribution in [0, 0.1) is 5.82 Å². The number of halogens is 2. The van der Waals surface area contributed by atoms with Crippen molar-refractivity contribution in [2.45, 2.75) is 25.7 Å². The SMILES string of the molecule is Fc1ccc2ccc(N3CCCCCC3)nc2c1Br. The fraction of sp³-hybridized carbons (Fsp3) is 0.400. The maximum absolute atomic E-state index is 13.6. The average Bonchev–Trinajstić information content (AvgIpc) is 2.72. The van der Waals surface area contributed by atoms with E-state index in [9.17, 15) is 4.39 Å². The lowest BCUT2D eigenvalue weighted by Crippen LogP contribution is -2.24. The summed E-state index contributed by atoms with van der Waals surface area (Å²) in [4.78, 5) is 6.95. The first kappa shape index (κ1) is 12.9. The van der Waals surface area contributed by atoms with E-state index in [1.807, 2.05) is 12.1 Å². The largest absolute Gasteiger partial charge is 0.357 e. The Bertz CT molecular complexity index is 592. The van der Waals surface area contributed by atoms with E-state index in [-0.39, 0.29) is 5.82 Å². The van der Waals surface area contributed by atoms with Gasteiger partial charge < -0.3 is 4.90 Å². The van der Waals surface area contributed by atoms with E-state index in [1.165, 1.54) is 31.7 Å². The summed E-state index contributed by atoms with van der Waals surface area (Å²) < 4.78 is 14.0. The molecule has 0 amide bonds. The molecule has 1 aliphatic rings. The van der Waals surface area contributed by atoms with E-state index in [4.69, 9.17) is 0 Å². The Balaban J connectivity index is 2.02. The van der Waals surface area contributed by atoms with Crippen LogP contribution in [0.3, 0.4) is 0 Å². The Hall–Kier alpha value is -1.16. The summed E-state index contributed by atoms with van der Waals surface area (Å²) in [5.74, 6) is 0.703. The van der Waals surface area contributed by atoms with Crippen LogP contribution in [0.5, 0.6) is 0 Å². The van der Waals surface area contributed by atoms with Crippen LogP contribution in [0.15, 0.2) is 28.7 Å². The van der Waals surface area contributed by atoms with Crippen LogP contribution < -0.4 is 4.90 Å². The molecule has 2 heterocycles. The van der Waals surface area contributed by atoms with Gasteiger partial charge in [0.25, 0.3) is 0 Å². The Labute approximate surface area is 120 Å². The highest BCUT2D eigenvalue weighted by Crippen LogP contribution is 2.28. The molecule has 1 aromatic carbocycles. The van der Waals surface area contributed by atoms with Gasteiger partial charge >= 0.3 is 0 Å². The van der Waals surface area contributed by atoms with Gasteiger partial charge in [0.1, 0.15) is 11.6 Å². The van der Waals surface area contributed by atoms with Gasteiger partial charge in [0.15, 0.2) is 0 Å². The van der Waals surface area contributed by atoms with Crippen molar-refractivity contribution in [3.8, 4) is 0 Å². The van der Waals surface area contributed by atoms with E-state index in [1.54, 1.807) is 6.07 Å². The molecule has 0 unspecified atom stereocenters. The van der Waals surface area contributed by atoms with Crippen molar-refractivity contribution in [2.24, 2.45) is 0 Å². The number of anilines is 1. The van der Waals surface area contributed by atoms with E-state index >= 15 is 0 Å². The molecule has 2 aromatic rings. The zero-order chi connectivity index (χ0) is 13.2. The highest BCUT2D eigenvalue weighted by atomic mass is 79.9. The summed E-state index contributed by atoms with van der Waals surface area (Å²) in [6.45, 7) is 2.09. The van der Waals surface area contributed by atoms with Crippen LogP contribution >= 0.6 is 15.9 Å². The molecule has 0 aliphatic carbocycles. The minimum absolute atomic E-state index is 0.256. The highest BCUT2D eigenvalue weighted by Gasteiger charge is 2.13. The number of rotatable bonds is 1. The molecule has 0 radical (unpaired) electrons. The fourth-order valence-electron chi connectivity index (χ4n) is 2.60. The van der Waals surface area contributed by atoms with Gasteiger partial charge in [-0.1, -0.05) is 12.8 Å². The Morgan fingerprint density at radius 3 is 2.42 bits per heavy atom. The quantitative estimate of drug-likeness (QED) is 0.767. The van der Waals surface area contributed by atoms with Crippen LogP contribution in [-0.2, 0) is 0 Å². The van der Waals surface area contributed by atoms with Gasteiger partial charge in [-0.2, -0.15) is 0 Å². The second-order valence-electron chi connectivity index (χ2n) is 5.00. The predicted molar refractivity (Wildman–Crippen MR) is 80.1 cm³/mol. The minimum Gasteiger partial charge on any atom is -0.357 e. The van der Waals surface area contributed by atoms with Gasteiger partial charge in [0.2, 0.25) is 0 Å². The van der Waals surface area contributed by atoms with Crippen molar-refractivity contribution in [1.29, 1.82) is 0 Å². The average molecular weight is 323 g/mol. The Kier molecular flexibility index (Phi) is 3.69. The number of hydrogen-bond acceptors (Lipinski definition) is 2. The normalized spacial score (nSPS) is 16.6. The van der Waals surface area contributed by atoms with Crippen molar-refractivity contribution in [3.05, 3.63) is 34.6 Å². The minimum atomic E-state index is -0.256. The molecule has 0 spiro atoms. The maximum atomic E-state index is 13.6. The Morgan fingerprint density at radius 1 is 1.00 bits per heavy atom. The fourth-order valence-corrected chi connectivity index (χ4v) is 3.04. The van der Waals surface area contributed by atoms with Crippen molar-refractivity contribution in [3.63, 3.8) is 0 Å². The first-order valence-electron chi connectivity index (χ1n) is 6.75. The molecule has 1 aromatic heterocycles. The number of pyridine rings is 1. The van der Waals surface area contributed by atoms with Crippen molar-refractivity contribution >= 4 is 32.7 Å². The molecule has 0 atom stereocenters. The van der Waals surface area contributed by atoms with Gasteiger partial charge in [0.05, 0.1) is 9.99 Å². The van der Waals surface area contributed by atoms with E-state index in [0.717, 1.165) is 24.3 Å². The number of nitrogens with zero attached hydrogens (tertiary/aromatic N) is 2.